The largest absolute Gasteiger partial charge is 0.497 e. The smallest absolute Gasteiger partial charge is 0.326 e. The lowest BCUT2D eigenvalue weighted by Gasteiger charge is -2.16. The van der Waals surface area contributed by atoms with Gasteiger partial charge in [-0.15, -0.1) is 0 Å². The summed E-state index contributed by atoms with van der Waals surface area (Å²) in [6.07, 6.45) is 0.170. The molecule has 4 aromatic rings. The zero-order chi connectivity index (χ0) is 24.9. The second-order valence-corrected chi connectivity index (χ2v) is 8.44. The van der Waals surface area contributed by atoms with Gasteiger partial charge in [0, 0.05) is 17.4 Å². The Morgan fingerprint density at radius 1 is 1.00 bits per heavy atom. The van der Waals surface area contributed by atoms with Crippen molar-refractivity contribution in [3.8, 4) is 22.6 Å². The van der Waals surface area contributed by atoms with Crippen LogP contribution in [-0.4, -0.2) is 36.2 Å². The molecule has 180 valence electrons. The van der Waals surface area contributed by atoms with Crippen molar-refractivity contribution in [2.24, 2.45) is 0 Å². The Hall–Kier alpha value is -4.26. The van der Waals surface area contributed by atoms with Crippen molar-refractivity contribution in [2.45, 2.75) is 32.4 Å². The van der Waals surface area contributed by atoms with E-state index in [9.17, 15) is 14.7 Å². The third-order valence-electron chi connectivity index (χ3n) is 5.51. The Morgan fingerprint density at radius 2 is 1.74 bits per heavy atom. The molecule has 0 saturated carbocycles. The topological polar surface area (TPSA) is 98.0 Å². The number of benzene rings is 3. The number of furan rings is 1. The Kier molecular flexibility index (Phi) is 7.06. The van der Waals surface area contributed by atoms with Gasteiger partial charge in [-0.3, -0.25) is 4.79 Å². The van der Waals surface area contributed by atoms with Crippen molar-refractivity contribution in [1.29, 1.82) is 0 Å². The van der Waals surface area contributed by atoms with Gasteiger partial charge in [-0.1, -0.05) is 42.5 Å². The third kappa shape index (κ3) is 5.63. The summed E-state index contributed by atoms with van der Waals surface area (Å²) in [6.45, 7) is 3.95. The number of hydrogen-bond donors (Lipinski definition) is 2. The maximum absolute atomic E-state index is 12.7. The van der Waals surface area contributed by atoms with E-state index < -0.39 is 17.9 Å². The van der Waals surface area contributed by atoms with E-state index in [1.165, 1.54) is 0 Å². The number of hydrogen-bond acceptors (Lipinski definition) is 5. The molecule has 1 aromatic heterocycles. The molecule has 2 N–H and O–H groups in total. The van der Waals surface area contributed by atoms with Gasteiger partial charge < -0.3 is 24.3 Å². The Balaban J connectivity index is 1.48. The van der Waals surface area contributed by atoms with Gasteiger partial charge in [0.15, 0.2) is 5.76 Å². The first-order valence-electron chi connectivity index (χ1n) is 11.3. The van der Waals surface area contributed by atoms with Crippen molar-refractivity contribution < 1.29 is 28.6 Å². The van der Waals surface area contributed by atoms with Crippen LogP contribution in [0.5, 0.6) is 11.5 Å². The van der Waals surface area contributed by atoms with E-state index in [2.05, 4.69) is 5.32 Å². The molecule has 0 aliphatic heterocycles. The molecular weight excluding hydrogens is 446 g/mol. The van der Waals surface area contributed by atoms with Gasteiger partial charge in [0.25, 0.3) is 5.91 Å². The van der Waals surface area contributed by atoms with Crippen LogP contribution in [0.1, 0.15) is 30.0 Å². The van der Waals surface area contributed by atoms with Crippen LogP contribution in [0.2, 0.25) is 0 Å². The van der Waals surface area contributed by atoms with Crippen LogP contribution in [0.25, 0.3) is 22.1 Å². The van der Waals surface area contributed by atoms with Gasteiger partial charge in [0.05, 0.1) is 13.2 Å². The Labute approximate surface area is 203 Å². The van der Waals surface area contributed by atoms with Crippen molar-refractivity contribution in [2.75, 3.05) is 7.11 Å². The highest BCUT2D eigenvalue weighted by molar-refractivity contribution is 5.98. The van der Waals surface area contributed by atoms with Crippen LogP contribution in [0.15, 0.2) is 77.2 Å². The molecule has 7 nitrogen and oxygen atoms in total. The first-order chi connectivity index (χ1) is 16.8. The molecule has 0 aliphatic carbocycles. The number of nitrogens with one attached hydrogen (secondary N) is 1. The highest BCUT2D eigenvalue weighted by atomic mass is 16.5. The third-order valence-corrected chi connectivity index (χ3v) is 5.51. The van der Waals surface area contributed by atoms with Crippen LogP contribution in [0.3, 0.4) is 0 Å². The SMILES string of the molecule is COc1ccc2oc(C(=O)NC(Cc3ccc(-c4ccccc4OC(C)C)cc3)C(=O)O)cc2c1. The van der Waals surface area contributed by atoms with Crippen LogP contribution in [0.4, 0.5) is 0 Å². The summed E-state index contributed by atoms with van der Waals surface area (Å²) in [7, 11) is 1.55. The lowest BCUT2D eigenvalue weighted by molar-refractivity contribution is -0.139. The molecule has 0 radical (unpaired) electrons. The van der Waals surface area contributed by atoms with Crippen LogP contribution >= 0.6 is 0 Å². The molecule has 1 atom stereocenters. The normalized spacial score (nSPS) is 11.9. The van der Waals surface area contributed by atoms with E-state index in [0.717, 1.165) is 22.4 Å². The number of carbonyl (C=O) groups is 2. The number of amides is 1. The number of para-hydroxylation sites is 1. The Bertz CT molecular complexity index is 1340. The van der Waals surface area contributed by atoms with Gasteiger partial charge in [-0.25, -0.2) is 4.79 Å². The van der Waals surface area contributed by atoms with Crippen molar-refractivity contribution in [3.05, 3.63) is 84.1 Å². The molecule has 7 heteroatoms. The number of carboxylic acid groups (broad SMARTS) is 1. The second kappa shape index (κ2) is 10.3. The molecule has 3 aromatic carbocycles. The number of methoxy groups -OCH3 is 1. The molecule has 0 fully saturated rings. The fraction of sp³-hybridized carbons (Fsp3) is 0.214. The predicted octanol–water partition coefficient (Wildman–Crippen LogP) is 5.32. The van der Waals surface area contributed by atoms with E-state index in [0.29, 0.717) is 16.7 Å². The average molecular weight is 474 g/mol. The number of fused-ring (bicyclic) bond motifs is 1. The first kappa shape index (κ1) is 23.9. The van der Waals surface area contributed by atoms with Gasteiger partial charge in [0.2, 0.25) is 0 Å². The van der Waals surface area contributed by atoms with Crippen molar-refractivity contribution in [1.82, 2.24) is 5.32 Å². The number of carbonyl (C=O) groups excluding carboxylic acids is 1. The van der Waals surface area contributed by atoms with Gasteiger partial charge in [-0.05, 0) is 55.3 Å². The molecule has 4 rings (SSSR count). The summed E-state index contributed by atoms with van der Waals surface area (Å²) in [5.41, 5.74) is 3.20. The van der Waals surface area contributed by atoms with E-state index >= 15 is 0 Å². The minimum absolute atomic E-state index is 0.0385. The molecule has 1 unspecified atom stereocenters. The van der Waals surface area contributed by atoms with E-state index in [1.54, 1.807) is 31.4 Å². The zero-order valence-electron chi connectivity index (χ0n) is 19.8. The summed E-state index contributed by atoms with van der Waals surface area (Å²) in [6, 6.07) is 21.0. The summed E-state index contributed by atoms with van der Waals surface area (Å²) in [5, 5.41) is 13.0. The highest BCUT2D eigenvalue weighted by Gasteiger charge is 2.23. The fourth-order valence-corrected chi connectivity index (χ4v) is 3.81. The summed E-state index contributed by atoms with van der Waals surface area (Å²) in [4.78, 5) is 24.6. The number of aliphatic carboxylic acids is 1. The molecule has 35 heavy (non-hydrogen) atoms. The fourth-order valence-electron chi connectivity index (χ4n) is 3.81. The van der Waals surface area contributed by atoms with E-state index in [1.807, 2.05) is 62.4 Å². The molecule has 1 heterocycles. The lowest BCUT2D eigenvalue weighted by Crippen LogP contribution is -2.42. The minimum atomic E-state index is -1.13. The monoisotopic (exact) mass is 473 g/mol. The van der Waals surface area contributed by atoms with Gasteiger partial charge in [-0.2, -0.15) is 0 Å². The molecule has 0 saturated heterocycles. The molecule has 0 aliphatic rings. The first-order valence-corrected chi connectivity index (χ1v) is 11.3. The van der Waals surface area contributed by atoms with Crippen LogP contribution in [0, 0.1) is 0 Å². The van der Waals surface area contributed by atoms with E-state index in [4.69, 9.17) is 13.9 Å². The molecule has 0 spiro atoms. The predicted molar refractivity (Wildman–Crippen MR) is 133 cm³/mol. The maximum Gasteiger partial charge on any atom is 0.326 e. The average Bonchev–Trinajstić information content (AvgIpc) is 3.27. The zero-order valence-corrected chi connectivity index (χ0v) is 19.8. The van der Waals surface area contributed by atoms with Crippen LogP contribution < -0.4 is 14.8 Å². The van der Waals surface area contributed by atoms with Gasteiger partial charge >= 0.3 is 5.97 Å². The molecule has 0 bridgehead atoms. The summed E-state index contributed by atoms with van der Waals surface area (Å²) < 4.78 is 16.7. The quantitative estimate of drug-likeness (QED) is 0.341. The van der Waals surface area contributed by atoms with Crippen LogP contribution in [-0.2, 0) is 11.2 Å². The molecular formula is C28H27NO6. The summed E-state index contributed by atoms with van der Waals surface area (Å²) >= 11 is 0. The number of rotatable bonds is 9. The molecule has 1 amide bonds. The number of ether oxygens (including phenoxy) is 2. The lowest BCUT2D eigenvalue weighted by atomic mass is 10.00. The van der Waals surface area contributed by atoms with E-state index in [-0.39, 0.29) is 18.3 Å². The van der Waals surface area contributed by atoms with Crippen molar-refractivity contribution in [3.63, 3.8) is 0 Å². The second-order valence-electron chi connectivity index (χ2n) is 8.44. The summed E-state index contributed by atoms with van der Waals surface area (Å²) in [5.74, 6) is -0.263. The minimum Gasteiger partial charge on any atom is -0.497 e. The Morgan fingerprint density at radius 3 is 2.43 bits per heavy atom. The number of carboxylic acids is 1. The maximum atomic E-state index is 12.7. The van der Waals surface area contributed by atoms with Gasteiger partial charge in [0.1, 0.15) is 23.1 Å². The standard InChI is InChI=1S/C28H27NO6/c1-17(2)34-25-7-5-4-6-22(25)19-10-8-18(9-11-19)14-23(28(31)32)29-27(30)26-16-20-15-21(33-3)12-13-24(20)35-26/h4-13,15-17,23H,14H2,1-3H3,(H,29,30)(H,31,32). The highest BCUT2D eigenvalue weighted by Crippen LogP contribution is 2.31. The van der Waals surface area contributed by atoms with Crippen molar-refractivity contribution >= 4 is 22.8 Å².